The average Bonchev–Trinajstić information content (AvgIpc) is 3.09. The fourth-order valence-corrected chi connectivity index (χ4v) is 3.54. The van der Waals surface area contributed by atoms with Gasteiger partial charge in [0.15, 0.2) is 0 Å². The molecule has 138 valence electrons. The minimum atomic E-state index is -0.102. The fraction of sp³-hybridized carbons (Fsp3) is 0.111. The fourth-order valence-electron chi connectivity index (χ4n) is 3.54. The van der Waals surface area contributed by atoms with Crippen LogP contribution in [-0.2, 0) is 5.41 Å². The van der Waals surface area contributed by atoms with Crippen LogP contribution in [0.4, 0.5) is 0 Å². The highest BCUT2D eigenvalue weighted by Gasteiger charge is 2.20. The van der Waals surface area contributed by atoms with E-state index < -0.39 is 0 Å². The molecule has 0 fully saturated rings. The highest BCUT2D eigenvalue weighted by atomic mass is 14.9. The van der Waals surface area contributed by atoms with Gasteiger partial charge >= 0.3 is 0 Å². The van der Waals surface area contributed by atoms with Crippen LogP contribution in [-0.4, -0.2) is 0 Å². The number of benzene rings is 2. The monoisotopic (exact) mass is 363 g/mol. The lowest BCUT2D eigenvalue weighted by Crippen LogP contribution is -2.15. The summed E-state index contributed by atoms with van der Waals surface area (Å²) < 4.78 is 0. The summed E-state index contributed by atoms with van der Waals surface area (Å²) in [5.41, 5.74) is 5.98. The zero-order chi connectivity index (χ0) is 19.2. The van der Waals surface area contributed by atoms with Crippen LogP contribution in [0.25, 0.3) is 5.57 Å². The van der Waals surface area contributed by atoms with E-state index in [9.17, 15) is 0 Å². The molecule has 1 heteroatoms. The molecule has 0 aromatic heterocycles. The third-order valence-electron chi connectivity index (χ3n) is 5.26. The minimum absolute atomic E-state index is 0.102. The Morgan fingerprint density at radius 2 is 1.46 bits per heavy atom. The molecule has 1 unspecified atom stereocenters. The predicted octanol–water partition coefficient (Wildman–Crippen LogP) is 6.47. The summed E-state index contributed by atoms with van der Waals surface area (Å²) in [5.74, 6) is 0. The third kappa shape index (κ3) is 4.15. The lowest BCUT2D eigenvalue weighted by molar-refractivity contribution is 0.758. The average molecular weight is 364 g/mol. The number of allylic oxidation sites excluding steroid dienone is 10. The van der Waals surface area contributed by atoms with Gasteiger partial charge in [-0.25, -0.2) is 0 Å². The molecular formula is C27H25N. The molecule has 0 spiro atoms. The van der Waals surface area contributed by atoms with Gasteiger partial charge in [0.25, 0.3) is 0 Å². The van der Waals surface area contributed by atoms with Gasteiger partial charge in [0, 0.05) is 16.8 Å². The molecule has 2 aliphatic carbocycles. The molecule has 0 bridgehead atoms. The number of hydrogen-bond acceptors (Lipinski definition) is 1. The molecule has 28 heavy (non-hydrogen) atoms. The Bertz CT molecular complexity index is 1000. The Balaban J connectivity index is 1.51. The van der Waals surface area contributed by atoms with Crippen LogP contribution in [0.5, 0.6) is 0 Å². The van der Waals surface area contributed by atoms with Crippen molar-refractivity contribution in [1.29, 1.82) is 0 Å². The van der Waals surface area contributed by atoms with E-state index in [1.807, 2.05) is 0 Å². The van der Waals surface area contributed by atoms with Gasteiger partial charge in [-0.1, -0.05) is 91.0 Å². The zero-order valence-corrected chi connectivity index (χ0v) is 16.2. The van der Waals surface area contributed by atoms with E-state index in [-0.39, 0.29) is 5.41 Å². The molecule has 2 aromatic rings. The Hall–Kier alpha value is -3.32. The first kappa shape index (κ1) is 18.1. The molecule has 1 atom stereocenters. The van der Waals surface area contributed by atoms with Crippen LogP contribution in [0.15, 0.2) is 127 Å². The molecule has 0 amide bonds. The maximum Gasteiger partial charge on any atom is 0.0381 e. The van der Waals surface area contributed by atoms with Crippen LogP contribution < -0.4 is 5.32 Å². The zero-order valence-electron chi connectivity index (χ0n) is 16.2. The summed E-state index contributed by atoms with van der Waals surface area (Å²) in [4.78, 5) is 0. The van der Waals surface area contributed by atoms with Gasteiger partial charge in [-0.05, 0) is 54.3 Å². The molecule has 0 saturated heterocycles. The maximum absolute atomic E-state index is 3.55. The van der Waals surface area contributed by atoms with Gasteiger partial charge in [-0.3, -0.25) is 0 Å². The Kier molecular flexibility index (Phi) is 5.25. The number of rotatable bonds is 4. The van der Waals surface area contributed by atoms with Crippen molar-refractivity contribution in [3.63, 3.8) is 0 Å². The first-order chi connectivity index (χ1) is 13.7. The summed E-state index contributed by atoms with van der Waals surface area (Å²) in [7, 11) is 0. The van der Waals surface area contributed by atoms with Crippen LogP contribution in [0.3, 0.4) is 0 Å². The van der Waals surface area contributed by atoms with E-state index in [2.05, 4.69) is 128 Å². The molecular weight excluding hydrogens is 338 g/mol. The highest BCUT2D eigenvalue weighted by molar-refractivity contribution is 5.69. The molecule has 0 radical (unpaired) electrons. The highest BCUT2D eigenvalue weighted by Crippen LogP contribution is 2.29. The Labute approximate surface area is 167 Å². The second-order valence-electron chi connectivity index (χ2n) is 7.37. The van der Waals surface area contributed by atoms with Crippen molar-refractivity contribution in [2.45, 2.75) is 18.8 Å². The van der Waals surface area contributed by atoms with E-state index in [4.69, 9.17) is 0 Å². The van der Waals surface area contributed by atoms with Crippen LogP contribution in [0.1, 0.15) is 24.5 Å². The molecule has 1 nitrogen and oxygen atoms in total. The van der Waals surface area contributed by atoms with Crippen molar-refractivity contribution in [2.24, 2.45) is 0 Å². The lowest BCUT2D eigenvalue weighted by atomic mass is 9.82. The van der Waals surface area contributed by atoms with Gasteiger partial charge in [-0.2, -0.15) is 0 Å². The molecule has 0 heterocycles. The van der Waals surface area contributed by atoms with Crippen LogP contribution in [0, 0.1) is 0 Å². The molecule has 4 rings (SSSR count). The summed E-state index contributed by atoms with van der Waals surface area (Å²) in [6.07, 6.45) is 20.6. The smallest absolute Gasteiger partial charge is 0.0381 e. The standard InChI is InChI=1S/C27H25N/c1-27(24-13-6-3-7-14-24)20-9-16-26(19-21-27)28-25-15-8-12-23(17-18-25)22-10-4-2-5-11-22/h2-11,13-21,28H,12H2,1H3. The van der Waals surface area contributed by atoms with Crippen molar-refractivity contribution >= 4 is 5.57 Å². The molecule has 0 saturated carbocycles. The van der Waals surface area contributed by atoms with Crippen molar-refractivity contribution in [3.05, 3.63) is 138 Å². The van der Waals surface area contributed by atoms with Crippen molar-refractivity contribution in [3.8, 4) is 0 Å². The van der Waals surface area contributed by atoms with Gasteiger partial charge in [0.1, 0.15) is 0 Å². The van der Waals surface area contributed by atoms with Crippen molar-refractivity contribution in [1.82, 2.24) is 5.32 Å². The quantitative estimate of drug-likeness (QED) is 0.656. The van der Waals surface area contributed by atoms with E-state index in [1.54, 1.807) is 0 Å². The van der Waals surface area contributed by atoms with E-state index in [0.29, 0.717) is 0 Å². The second-order valence-corrected chi connectivity index (χ2v) is 7.37. The van der Waals surface area contributed by atoms with E-state index in [0.717, 1.165) is 17.8 Å². The summed E-state index contributed by atoms with van der Waals surface area (Å²) >= 11 is 0. The van der Waals surface area contributed by atoms with E-state index >= 15 is 0 Å². The summed E-state index contributed by atoms with van der Waals surface area (Å²) in [6.45, 7) is 2.24. The predicted molar refractivity (Wildman–Crippen MR) is 120 cm³/mol. The lowest BCUT2D eigenvalue weighted by Gasteiger charge is -2.22. The third-order valence-corrected chi connectivity index (χ3v) is 5.26. The molecule has 1 N–H and O–H groups in total. The van der Waals surface area contributed by atoms with Crippen molar-refractivity contribution < 1.29 is 0 Å². The number of hydrogen-bond donors (Lipinski definition) is 1. The molecule has 0 aliphatic heterocycles. The Morgan fingerprint density at radius 1 is 0.750 bits per heavy atom. The van der Waals surface area contributed by atoms with Crippen LogP contribution in [0.2, 0.25) is 0 Å². The van der Waals surface area contributed by atoms with Gasteiger partial charge < -0.3 is 5.32 Å². The minimum Gasteiger partial charge on any atom is -0.356 e. The second kappa shape index (κ2) is 8.14. The summed E-state index contributed by atoms with van der Waals surface area (Å²) in [6, 6.07) is 21.2. The maximum atomic E-state index is 3.55. The molecule has 2 aliphatic rings. The SMILES string of the molecule is CC1(c2ccccc2)C=CC=C(NC2=CC=C(c3ccccc3)CC=C2)C=C1. The topological polar surface area (TPSA) is 12.0 Å². The van der Waals surface area contributed by atoms with E-state index in [1.165, 1.54) is 16.7 Å². The van der Waals surface area contributed by atoms with Gasteiger partial charge in [0.2, 0.25) is 0 Å². The van der Waals surface area contributed by atoms with Gasteiger partial charge in [-0.15, -0.1) is 0 Å². The van der Waals surface area contributed by atoms with Crippen LogP contribution >= 0.6 is 0 Å². The molecule has 2 aromatic carbocycles. The number of nitrogens with one attached hydrogen (secondary N) is 1. The normalized spacial score (nSPS) is 21.2. The first-order valence-electron chi connectivity index (χ1n) is 9.77. The van der Waals surface area contributed by atoms with Crippen molar-refractivity contribution in [2.75, 3.05) is 0 Å². The Morgan fingerprint density at radius 3 is 2.25 bits per heavy atom. The largest absolute Gasteiger partial charge is 0.356 e. The summed E-state index contributed by atoms with van der Waals surface area (Å²) in [5, 5.41) is 3.55. The van der Waals surface area contributed by atoms with Gasteiger partial charge in [0.05, 0.1) is 0 Å². The first-order valence-corrected chi connectivity index (χ1v) is 9.77.